The van der Waals surface area contributed by atoms with Crippen LogP contribution in [0, 0.1) is 0 Å². The Morgan fingerprint density at radius 3 is 2.58 bits per heavy atom. The molecule has 2 aromatic rings. The van der Waals surface area contributed by atoms with E-state index in [4.69, 9.17) is 5.73 Å². The minimum atomic E-state index is -3.66. The number of anilines is 1. The number of amides is 1. The molecule has 0 bridgehead atoms. The largest absolute Gasteiger partial charge is 0.323 e. The van der Waals surface area contributed by atoms with E-state index < -0.39 is 16.1 Å². The van der Waals surface area contributed by atoms with E-state index in [1.165, 1.54) is 13.0 Å². The number of carbonyl (C=O) groups is 1. The lowest BCUT2D eigenvalue weighted by Gasteiger charge is -2.16. The molecule has 1 heterocycles. The van der Waals surface area contributed by atoms with Crippen molar-refractivity contribution < 1.29 is 13.2 Å². The summed E-state index contributed by atoms with van der Waals surface area (Å²) >= 11 is 0. The van der Waals surface area contributed by atoms with Crippen molar-refractivity contribution in [2.24, 2.45) is 5.73 Å². The van der Waals surface area contributed by atoms with Gasteiger partial charge in [-0.1, -0.05) is 30.3 Å². The van der Waals surface area contributed by atoms with Crippen LogP contribution in [-0.4, -0.2) is 27.4 Å². The molecule has 0 saturated heterocycles. The highest BCUT2D eigenvalue weighted by Crippen LogP contribution is 2.30. The van der Waals surface area contributed by atoms with Gasteiger partial charge in [-0.05, 0) is 35.7 Å². The van der Waals surface area contributed by atoms with Crippen LogP contribution in [0.3, 0.4) is 0 Å². The molecular weight excluding hydrogens is 374 g/mol. The van der Waals surface area contributed by atoms with Gasteiger partial charge in [0.25, 0.3) is 0 Å². The Morgan fingerprint density at radius 1 is 1.23 bits per heavy atom. The molecule has 2 aromatic carbocycles. The Kier molecular flexibility index (Phi) is 6.41. The lowest BCUT2D eigenvalue weighted by molar-refractivity contribution is -0.116. The zero-order chi connectivity index (χ0) is 18.0. The number of carbonyl (C=O) groups excluding carboxylic acids is 1. The molecule has 6 nitrogen and oxygen atoms in total. The van der Waals surface area contributed by atoms with Crippen LogP contribution < -0.4 is 15.4 Å². The molecule has 1 aliphatic heterocycles. The average Bonchev–Trinajstić information content (AvgIpc) is 3.04. The van der Waals surface area contributed by atoms with Crippen LogP contribution in [0.5, 0.6) is 0 Å². The van der Waals surface area contributed by atoms with Crippen molar-refractivity contribution in [1.29, 1.82) is 0 Å². The topological polar surface area (TPSA) is 92.5 Å². The van der Waals surface area contributed by atoms with E-state index in [1.807, 2.05) is 30.3 Å². The van der Waals surface area contributed by atoms with Gasteiger partial charge in [-0.15, -0.1) is 12.4 Å². The third-order valence-corrected chi connectivity index (χ3v) is 5.78. The zero-order valence-corrected chi connectivity index (χ0v) is 16.0. The predicted molar refractivity (Wildman–Crippen MR) is 104 cm³/mol. The smallest absolute Gasteiger partial charge is 0.240 e. The highest BCUT2D eigenvalue weighted by molar-refractivity contribution is 7.89. The first-order valence-corrected chi connectivity index (χ1v) is 9.58. The molecule has 0 fully saturated rings. The summed E-state index contributed by atoms with van der Waals surface area (Å²) in [5.74, 6) is -0.0404. The van der Waals surface area contributed by atoms with Crippen LogP contribution in [0.4, 0.5) is 5.69 Å². The van der Waals surface area contributed by atoms with Gasteiger partial charge in [0.15, 0.2) is 0 Å². The molecule has 1 unspecified atom stereocenters. The maximum absolute atomic E-state index is 12.5. The van der Waals surface area contributed by atoms with Crippen LogP contribution in [-0.2, 0) is 21.2 Å². The van der Waals surface area contributed by atoms with Gasteiger partial charge >= 0.3 is 0 Å². The molecule has 140 valence electrons. The lowest BCUT2D eigenvalue weighted by atomic mass is 10.1. The predicted octanol–water partition coefficient (Wildman–Crippen LogP) is 2.00. The summed E-state index contributed by atoms with van der Waals surface area (Å²) in [4.78, 5) is 13.4. The number of nitrogens with zero attached hydrogens (tertiary/aromatic N) is 1. The summed E-state index contributed by atoms with van der Waals surface area (Å²) in [6.45, 7) is 2.20. The second-order valence-corrected chi connectivity index (χ2v) is 7.85. The monoisotopic (exact) mass is 395 g/mol. The number of benzene rings is 2. The van der Waals surface area contributed by atoms with E-state index in [0.717, 1.165) is 16.8 Å². The number of nitrogens with one attached hydrogen (secondary N) is 1. The SMILES string of the molecule is CC(=O)N1CCc2cc(S(=O)(=O)NCC(N)c3ccccc3)ccc21.Cl. The van der Waals surface area contributed by atoms with Gasteiger partial charge in [0.05, 0.1) is 4.90 Å². The van der Waals surface area contributed by atoms with Gasteiger partial charge in [0.2, 0.25) is 15.9 Å². The van der Waals surface area contributed by atoms with Crippen molar-refractivity contribution in [1.82, 2.24) is 4.72 Å². The summed E-state index contributed by atoms with van der Waals surface area (Å²) in [6.07, 6.45) is 0.655. The van der Waals surface area contributed by atoms with E-state index in [1.54, 1.807) is 17.0 Å². The molecule has 3 N–H and O–H groups in total. The Labute approximate surface area is 159 Å². The molecule has 0 radical (unpaired) electrons. The van der Waals surface area contributed by atoms with Gasteiger partial charge in [-0.25, -0.2) is 13.1 Å². The summed E-state index contributed by atoms with van der Waals surface area (Å²) in [7, 11) is -3.66. The number of halogens is 1. The van der Waals surface area contributed by atoms with Crippen molar-refractivity contribution in [3.05, 3.63) is 59.7 Å². The summed E-state index contributed by atoms with van der Waals surface area (Å²) in [5, 5.41) is 0. The van der Waals surface area contributed by atoms with Gasteiger partial charge in [0, 0.05) is 31.7 Å². The van der Waals surface area contributed by atoms with Crippen LogP contribution in [0.1, 0.15) is 24.1 Å². The summed E-state index contributed by atoms with van der Waals surface area (Å²) in [5.41, 5.74) is 8.57. The standard InChI is InChI=1S/C18H21N3O3S.ClH/c1-13(22)21-10-9-15-11-16(7-8-18(15)21)25(23,24)20-12-17(19)14-5-3-2-4-6-14;/h2-8,11,17,20H,9-10,12,19H2,1H3;1H. The third-order valence-electron chi connectivity index (χ3n) is 4.36. The number of nitrogens with two attached hydrogens (primary N) is 1. The van der Waals surface area contributed by atoms with E-state index in [0.29, 0.717) is 13.0 Å². The van der Waals surface area contributed by atoms with Crippen LogP contribution >= 0.6 is 12.4 Å². The second-order valence-electron chi connectivity index (χ2n) is 6.08. The molecule has 1 amide bonds. The fourth-order valence-corrected chi connectivity index (χ4v) is 4.08. The maximum atomic E-state index is 12.5. The first kappa shape index (κ1) is 20.4. The molecule has 0 aliphatic carbocycles. The Hall–Kier alpha value is -1.93. The normalized spacial score (nSPS) is 14.5. The molecular formula is C18H22ClN3O3S. The number of sulfonamides is 1. The molecule has 26 heavy (non-hydrogen) atoms. The quantitative estimate of drug-likeness (QED) is 0.809. The van der Waals surface area contributed by atoms with Crippen molar-refractivity contribution in [2.75, 3.05) is 18.0 Å². The number of hydrogen-bond acceptors (Lipinski definition) is 4. The van der Waals surface area contributed by atoms with E-state index in [-0.39, 0.29) is 29.8 Å². The van der Waals surface area contributed by atoms with Crippen LogP contribution in [0.2, 0.25) is 0 Å². The molecule has 1 aliphatic rings. The molecule has 1 atom stereocenters. The van der Waals surface area contributed by atoms with Crippen molar-refractivity contribution in [2.45, 2.75) is 24.3 Å². The van der Waals surface area contributed by atoms with Gasteiger partial charge in [-0.3, -0.25) is 4.79 Å². The van der Waals surface area contributed by atoms with Gasteiger partial charge in [-0.2, -0.15) is 0 Å². The molecule has 8 heteroatoms. The number of rotatable bonds is 5. The van der Waals surface area contributed by atoms with Gasteiger partial charge < -0.3 is 10.6 Å². The molecule has 0 saturated carbocycles. The number of fused-ring (bicyclic) bond motifs is 1. The second kappa shape index (κ2) is 8.18. The number of hydrogen-bond donors (Lipinski definition) is 2. The van der Waals surface area contributed by atoms with Crippen LogP contribution in [0.15, 0.2) is 53.4 Å². The van der Waals surface area contributed by atoms with E-state index >= 15 is 0 Å². The van der Waals surface area contributed by atoms with E-state index in [9.17, 15) is 13.2 Å². The summed E-state index contributed by atoms with van der Waals surface area (Å²) in [6, 6.07) is 13.8. The van der Waals surface area contributed by atoms with Crippen molar-refractivity contribution in [3.63, 3.8) is 0 Å². The average molecular weight is 396 g/mol. The van der Waals surface area contributed by atoms with Gasteiger partial charge in [0.1, 0.15) is 0 Å². The third kappa shape index (κ3) is 4.24. The van der Waals surface area contributed by atoms with Crippen molar-refractivity contribution >= 4 is 34.0 Å². The zero-order valence-electron chi connectivity index (χ0n) is 14.4. The minimum Gasteiger partial charge on any atom is -0.323 e. The first-order valence-electron chi connectivity index (χ1n) is 8.10. The fraction of sp³-hybridized carbons (Fsp3) is 0.278. The van der Waals surface area contributed by atoms with Crippen molar-refractivity contribution in [3.8, 4) is 0 Å². The minimum absolute atomic E-state index is 0. The highest BCUT2D eigenvalue weighted by atomic mass is 35.5. The summed E-state index contributed by atoms with van der Waals surface area (Å²) < 4.78 is 27.6. The van der Waals surface area contributed by atoms with E-state index in [2.05, 4.69) is 4.72 Å². The fourth-order valence-electron chi connectivity index (χ4n) is 2.97. The Bertz CT molecular complexity index is 888. The molecule has 3 rings (SSSR count). The first-order chi connectivity index (χ1) is 11.9. The lowest BCUT2D eigenvalue weighted by Crippen LogP contribution is -2.32. The van der Waals surface area contributed by atoms with Crippen LogP contribution in [0.25, 0.3) is 0 Å². The maximum Gasteiger partial charge on any atom is 0.240 e. The Morgan fingerprint density at radius 2 is 1.92 bits per heavy atom. The molecule has 0 aromatic heterocycles. The highest BCUT2D eigenvalue weighted by Gasteiger charge is 2.25. The molecule has 0 spiro atoms. The Balaban J connectivity index is 0.00000243.